The van der Waals surface area contributed by atoms with Gasteiger partial charge in [0, 0.05) is 13.1 Å². The topological polar surface area (TPSA) is 119 Å². The summed E-state index contributed by atoms with van der Waals surface area (Å²) in [4.78, 5) is 36.4. The van der Waals surface area contributed by atoms with Crippen molar-refractivity contribution in [2.75, 3.05) is 32.1 Å². The molecule has 0 bridgehead atoms. The lowest BCUT2D eigenvalue weighted by atomic mass is 10.00. The zero-order valence-corrected chi connectivity index (χ0v) is 18.4. The van der Waals surface area contributed by atoms with Crippen LogP contribution in [0.5, 0.6) is 0 Å². The van der Waals surface area contributed by atoms with Gasteiger partial charge in [0.1, 0.15) is 4.21 Å². The molecule has 31 heavy (non-hydrogen) atoms. The number of nitrogens with one attached hydrogen (secondary N) is 1. The third-order valence-electron chi connectivity index (χ3n) is 4.76. The number of hydrogen-bond acceptors (Lipinski definition) is 8. The van der Waals surface area contributed by atoms with E-state index in [1.807, 2.05) is 0 Å². The average Bonchev–Trinajstić information content (AvgIpc) is 3.33. The van der Waals surface area contributed by atoms with Crippen molar-refractivity contribution < 1.29 is 32.3 Å². The van der Waals surface area contributed by atoms with Crippen LogP contribution in [0.3, 0.4) is 0 Å². The third kappa shape index (κ3) is 5.49. The lowest BCUT2D eigenvalue weighted by Crippen LogP contribution is -2.42. The van der Waals surface area contributed by atoms with E-state index in [4.69, 9.17) is 4.74 Å². The van der Waals surface area contributed by atoms with Gasteiger partial charge in [0.05, 0.1) is 24.3 Å². The molecule has 0 aliphatic carbocycles. The van der Waals surface area contributed by atoms with Gasteiger partial charge in [-0.2, -0.15) is 4.31 Å². The number of para-hydroxylation sites is 1. The van der Waals surface area contributed by atoms with Crippen LogP contribution in [0.4, 0.5) is 5.69 Å². The summed E-state index contributed by atoms with van der Waals surface area (Å²) in [6.45, 7) is -0.219. The Kier molecular flexibility index (Phi) is 7.42. The molecule has 9 nitrogen and oxygen atoms in total. The molecule has 2 aromatic rings. The Balaban J connectivity index is 1.56. The molecule has 0 saturated carbocycles. The van der Waals surface area contributed by atoms with Gasteiger partial charge in [-0.15, -0.1) is 11.3 Å². The Morgan fingerprint density at radius 1 is 1.19 bits per heavy atom. The number of carbonyl (C=O) groups is 3. The minimum Gasteiger partial charge on any atom is -0.465 e. The van der Waals surface area contributed by atoms with Crippen molar-refractivity contribution in [1.29, 1.82) is 0 Å². The molecule has 0 radical (unpaired) electrons. The first-order valence-corrected chi connectivity index (χ1v) is 11.8. The Bertz CT molecular complexity index is 1050. The highest BCUT2D eigenvalue weighted by Crippen LogP contribution is 2.27. The van der Waals surface area contributed by atoms with E-state index < -0.39 is 40.4 Å². The van der Waals surface area contributed by atoms with Crippen molar-refractivity contribution in [3.8, 4) is 0 Å². The molecule has 1 unspecified atom stereocenters. The van der Waals surface area contributed by atoms with Crippen LogP contribution in [0, 0.1) is 5.92 Å². The highest BCUT2D eigenvalue weighted by Gasteiger charge is 2.34. The first kappa shape index (κ1) is 22.9. The van der Waals surface area contributed by atoms with Crippen LogP contribution >= 0.6 is 11.3 Å². The minimum absolute atomic E-state index is 0.00581. The van der Waals surface area contributed by atoms with Gasteiger partial charge in [0.2, 0.25) is 0 Å². The van der Waals surface area contributed by atoms with Gasteiger partial charge in [-0.1, -0.05) is 18.2 Å². The van der Waals surface area contributed by atoms with E-state index in [9.17, 15) is 22.8 Å². The number of piperidine rings is 1. The maximum Gasteiger partial charge on any atom is 0.339 e. The maximum atomic E-state index is 12.7. The van der Waals surface area contributed by atoms with Crippen molar-refractivity contribution in [3.05, 3.63) is 47.3 Å². The summed E-state index contributed by atoms with van der Waals surface area (Å²) in [5.74, 6) is -2.52. The van der Waals surface area contributed by atoms with Crippen LogP contribution < -0.4 is 5.32 Å². The standard InChI is InChI=1S/C20H22N2O7S2/c1-28-20(25)15-7-2-3-8-16(15)21-17(23)13-29-19(24)14-6-4-10-22(12-14)31(26,27)18-9-5-11-30-18/h2-3,5,7-9,11,14H,4,6,10,12-13H2,1H3,(H,21,23). The lowest BCUT2D eigenvalue weighted by molar-refractivity contribution is -0.152. The van der Waals surface area contributed by atoms with E-state index in [0.29, 0.717) is 19.4 Å². The molecule has 0 spiro atoms. The first-order valence-electron chi connectivity index (χ1n) is 9.50. The normalized spacial score (nSPS) is 17.0. The Morgan fingerprint density at radius 3 is 2.68 bits per heavy atom. The summed E-state index contributed by atoms with van der Waals surface area (Å²) in [6.07, 6.45) is 0.991. The summed E-state index contributed by atoms with van der Waals surface area (Å²) in [5.41, 5.74) is 0.410. The number of thiophene rings is 1. The van der Waals surface area contributed by atoms with E-state index in [0.717, 1.165) is 11.3 Å². The number of amides is 1. The van der Waals surface area contributed by atoms with E-state index in [-0.39, 0.29) is 22.0 Å². The molecule has 166 valence electrons. The molecule has 1 aromatic heterocycles. The predicted molar refractivity (Wildman–Crippen MR) is 113 cm³/mol. The largest absolute Gasteiger partial charge is 0.465 e. The highest BCUT2D eigenvalue weighted by molar-refractivity contribution is 7.91. The molecule has 1 aliphatic heterocycles. The molecule has 3 rings (SSSR count). The molecule has 1 amide bonds. The van der Waals surface area contributed by atoms with Crippen LogP contribution in [0.2, 0.25) is 0 Å². The average molecular weight is 467 g/mol. The second-order valence-corrected chi connectivity index (χ2v) is 9.94. The van der Waals surface area contributed by atoms with Gasteiger partial charge in [-0.3, -0.25) is 9.59 Å². The Labute approximate surface area is 184 Å². The molecule has 1 atom stereocenters. The fraction of sp³-hybridized carbons (Fsp3) is 0.350. The number of ether oxygens (including phenoxy) is 2. The van der Waals surface area contributed by atoms with E-state index in [1.165, 1.54) is 29.6 Å². The van der Waals surface area contributed by atoms with Crippen LogP contribution in [-0.4, -0.2) is 57.4 Å². The predicted octanol–water partition coefficient (Wildman–Crippen LogP) is 2.12. The van der Waals surface area contributed by atoms with Crippen molar-refractivity contribution in [1.82, 2.24) is 4.31 Å². The molecule has 2 heterocycles. The number of hydrogen-bond donors (Lipinski definition) is 1. The second-order valence-electron chi connectivity index (χ2n) is 6.83. The van der Waals surface area contributed by atoms with Gasteiger partial charge in [-0.25, -0.2) is 13.2 Å². The number of nitrogens with zero attached hydrogens (tertiary/aromatic N) is 1. The number of anilines is 1. The van der Waals surface area contributed by atoms with Gasteiger partial charge >= 0.3 is 11.9 Å². The highest BCUT2D eigenvalue weighted by atomic mass is 32.2. The molecular formula is C20H22N2O7S2. The zero-order valence-electron chi connectivity index (χ0n) is 16.8. The number of carbonyl (C=O) groups excluding carboxylic acids is 3. The fourth-order valence-electron chi connectivity index (χ4n) is 3.21. The van der Waals surface area contributed by atoms with Crippen LogP contribution in [-0.2, 0) is 29.1 Å². The monoisotopic (exact) mass is 466 g/mol. The molecule has 1 saturated heterocycles. The molecule has 11 heteroatoms. The van der Waals surface area contributed by atoms with Gasteiger partial charge in [0.25, 0.3) is 15.9 Å². The van der Waals surface area contributed by atoms with Crippen molar-refractivity contribution >= 4 is 44.9 Å². The number of benzene rings is 1. The quantitative estimate of drug-likeness (QED) is 0.621. The van der Waals surface area contributed by atoms with E-state index in [1.54, 1.807) is 23.6 Å². The molecular weight excluding hydrogens is 444 g/mol. The zero-order chi connectivity index (χ0) is 22.4. The SMILES string of the molecule is COC(=O)c1ccccc1NC(=O)COC(=O)C1CCCN(S(=O)(=O)c2cccs2)C1. The van der Waals surface area contributed by atoms with Gasteiger partial charge < -0.3 is 14.8 Å². The number of rotatable bonds is 7. The minimum atomic E-state index is -3.65. The van der Waals surface area contributed by atoms with Crippen LogP contribution in [0.1, 0.15) is 23.2 Å². The third-order valence-corrected chi connectivity index (χ3v) is 8.00. The van der Waals surface area contributed by atoms with E-state index in [2.05, 4.69) is 10.1 Å². The Morgan fingerprint density at radius 2 is 1.97 bits per heavy atom. The maximum absolute atomic E-state index is 12.7. The summed E-state index contributed by atoms with van der Waals surface area (Å²) in [5, 5.41) is 4.19. The van der Waals surface area contributed by atoms with Crippen LogP contribution in [0.15, 0.2) is 46.0 Å². The second kappa shape index (κ2) is 10.0. The van der Waals surface area contributed by atoms with E-state index >= 15 is 0 Å². The van der Waals surface area contributed by atoms with Crippen molar-refractivity contribution in [2.45, 2.75) is 17.1 Å². The first-order chi connectivity index (χ1) is 14.8. The smallest absolute Gasteiger partial charge is 0.339 e. The van der Waals surface area contributed by atoms with Crippen molar-refractivity contribution in [2.24, 2.45) is 5.92 Å². The lowest BCUT2D eigenvalue weighted by Gasteiger charge is -2.30. The van der Waals surface area contributed by atoms with Gasteiger partial charge in [0.15, 0.2) is 6.61 Å². The molecule has 1 aromatic carbocycles. The van der Waals surface area contributed by atoms with Crippen LogP contribution in [0.25, 0.3) is 0 Å². The Hall–Kier alpha value is -2.76. The van der Waals surface area contributed by atoms with Crippen molar-refractivity contribution in [3.63, 3.8) is 0 Å². The summed E-state index contributed by atoms with van der Waals surface area (Å²) < 4.78 is 36.6. The van der Waals surface area contributed by atoms with Gasteiger partial charge in [-0.05, 0) is 36.4 Å². The summed E-state index contributed by atoms with van der Waals surface area (Å²) in [7, 11) is -2.42. The molecule has 1 aliphatic rings. The molecule has 1 fully saturated rings. The number of methoxy groups -OCH3 is 1. The number of esters is 2. The number of sulfonamides is 1. The summed E-state index contributed by atoms with van der Waals surface area (Å²) in [6, 6.07) is 9.47. The summed E-state index contributed by atoms with van der Waals surface area (Å²) >= 11 is 1.12. The molecule has 1 N–H and O–H groups in total. The fourth-order valence-corrected chi connectivity index (χ4v) is 5.88.